The van der Waals surface area contributed by atoms with Crippen molar-refractivity contribution in [3.63, 3.8) is 0 Å². The van der Waals surface area contributed by atoms with Crippen LogP contribution in [0.2, 0.25) is 0 Å². The van der Waals surface area contributed by atoms with Crippen molar-refractivity contribution >= 4 is 77.2 Å². The van der Waals surface area contributed by atoms with Gasteiger partial charge in [0, 0.05) is 0 Å². The van der Waals surface area contributed by atoms with Crippen molar-refractivity contribution in [3.05, 3.63) is 0 Å². The molecule has 0 rings (SSSR count). The van der Waals surface area contributed by atoms with E-state index in [-0.39, 0.29) is 69.3 Å². The van der Waals surface area contributed by atoms with Crippen LogP contribution < -0.4 is 0 Å². The Morgan fingerprint density at radius 2 is 0.917 bits per heavy atom. The van der Waals surface area contributed by atoms with E-state index in [1.165, 1.54) is 0 Å². The molecule has 1 unspecified atom stereocenters. The predicted octanol–water partition coefficient (Wildman–Crippen LogP) is -4.99. The molecule has 0 saturated heterocycles. The number of hydrogen-bond donors (Lipinski definition) is 7. The van der Waals surface area contributed by atoms with Gasteiger partial charge in [0.05, 0.1) is 0 Å². The molecule has 0 aliphatic rings. The fraction of sp³-hybridized carbons (Fsp3) is 0. The van der Waals surface area contributed by atoms with Gasteiger partial charge in [0.25, 0.3) is 0 Å². The van der Waals surface area contributed by atoms with Gasteiger partial charge < -0.3 is 14.7 Å². The van der Waals surface area contributed by atoms with Crippen LogP contribution in [-0.2, 0) is 22.7 Å². The Morgan fingerprint density at radius 1 is 0.917 bits per heavy atom. The molecule has 8 nitrogen and oxygen atoms in total. The average molecular weight is 332 g/mol. The molecule has 0 bridgehead atoms. The Bertz CT molecular complexity index is 111. The molecule has 74 valence electrons. The van der Waals surface area contributed by atoms with Crippen LogP contribution in [0.1, 0.15) is 0 Å². The average Bonchev–Trinajstić information content (AvgIpc) is 1.12. The van der Waals surface area contributed by atoms with Crippen LogP contribution in [0.25, 0.3) is 0 Å². The molecule has 0 heterocycles. The van der Waals surface area contributed by atoms with Crippen molar-refractivity contribution < 1.29 is 52.1 Å². The first-order valence-corrected chi connectivity index (χ1v) is 6.04. The summed E-state index contributed by atoms with van der Waals surface area (Å²) in [6.07, 6.45) is 0. The van der Waals surface area contributed by atoms with Crippen LogP contribution in [0.3, 0.4) is 0 Å². The fourth-order valence-electron chi connectivity index (χ4n) is 0. The maximum absolute atomic E-state index is 8.88. The molecule has 0 fully saturated rings. The van der Waals surface area contributed by atoms with Gasteiger partial charge in [0.15, 0.2) is 0 Å². The van der Waals surface area contributed by atoms with Gasteiger partial charge in [0.2, 0.25) is 0 Å². The van der Waals surface area contributed by atoms with Gasteiger partial charge >= 0.3 is 110 Å². The van der Waals surface area contributed by atoms with E-state index in [0.717, 1.165) is 0 Å². The molecule has 0 aromatic carbocycles. The molecule has 0 aliphatic carbocycles. The second-order valence-corrected chi connectivity index (χ2v) is 4.01. The third-order valence-corrected chi connectivity index (χ3v) is 0. The summed E-state index contributed by atoms with van der Waals surface area (Å²) in [4.78, 5) is 21.6. The summed E-state index contributed by atoms with van der Waals surface area (Å²) in [7, 11) is -4.64. The van der Waals surface area contributed by atoms with Crippen molar-refractivity contribution in [2.24, 2.45) is 0 Å². The SMILES string of the molecule is O=P(O)(O)O.[AsH3].[KH].[OH][Ti]([OH])([OH])[OH]. The summed E-state index contributed by atoms with van der Waals surface area (Å²) in [5.74, 6) is 0. The molecular weight excluding hydrogens is 321 g/mol. The van der Waals surface area contributed by atoms with Crippen LogP contribution in [-0.4, -0.2) is 98.8 Å². The van der Waals surface area contributed by atoms with Crippen molar-refractivity contribution in [2.75, 3.05) is 0 Å². The quantitative estimate of drug-likeness (QED) is 0.172. The third-order valence-electron chi connectivity index (χ3n) is 0. The molecule has 0 aromatic rings. The second kappa shape index (κ2) is 10.4. The van der Waals surface area contributed by atoms with E-state index in [0.29, 0.717) is 0 Å². The van der Waals surface area contributed by atoms with E-state index in [9.17, 15) is 0 Å². The molecule has 0 aliphatic heterocycles. The zero-order valence-corrected chi connectivity index (χ0v) is 10.6. The van der Waals surface area contributed by atoms with Gasteiger partial charge in [-0.1, -0.05) is 0 Å². The zero-order valence-electron chi connectivity index (χ0n) is 5.19. The van der Waals surface area contributed by atoms with Crippen molar-refractivity contribution in [2.45, 2.75) is 0 Å². The van der Waals surface area contributed by atoms with Gasteiger partial charge in [0.1, 0.15) is 0 Å². The van der Waals surface area contributed by atoms with Gasteiger partial charge in [-0.15, -0.1) is 0 Å². The van der Waals surface area contributed by atoms with E-state index >= 15 is 0 Å². The van der Waals surface area contributed by atoms with Crippen LogP contribution in [0.5, 0.6) is 0 Å². The molecule has 0 saturated carbocycles. The second-order valence-electron chi connectivity index (χ2n) is 1.11. The molecule has 0 amide bonds. The predicted molar refractivity (Wildman–Crippen MR) is 40.2 cm³/mol. The Hall–Kier alpha value is 2.86. The number of phosphoric acid groups is 1. The Kier molecular flexibility index (Phi) is 20.9. The zero-order chi connectivity index (χ0) is 9.00. The molecule has 7 N–H and O–H groups in total. The summed E-state index contributed by atoms with van der Waals surface area (Å²) in [5.41, 5.74) is 0. The summed E-state index contributed by atoms with van der Waals surface area (Å²) in [5, 5.41) is 0. The molecule has 1 atom stereocenters. The van der Waals surface area contributed by atoms with E-state index in [1.807, 2.05) is 0 Å². The van der Waals surface area contributed by atoms with E-state index in [4.69, 9.17) is 34.0 Å². The van der Waals surface area contributed by atoms with Gasteiger partial charge in [-0.3, -0.25) is 0 Å². The minimum atomic E-state index is -5.00. The topological polar surface area (TPSA) is 159 Å². The van der Waals surface area contributed by atoms with Crippen molar-refractivity contribution in [3.8, 4) is 0 Å². The van der Waals surface area contributed by atoms with E-state index in [2.05, 4.69) is 0 Å². The van der Waals surface area contributed by atoms with E-state index < -0.39 is 26.0 Å². The standard InChI is InChI=1S/AsH3.K.H3O4P.4H2O.Ti.H/c;;1-5(2,3)4;;;;;;/h1H3;;(H3,1,2,3,4);4*1H2;;/q;;;;;;;+4;/p-4. The molecule has 12 heteroatoms. The van der Waals surface area contributed by atoms with Gasteiger partial charge in [-0.05, 0) is 0 Å². The number of hydrogen-bond acceptors (Lipinski definition) is 5. The molecule has 12 heavy (non-hydrogen) atoms. The third kappa shape index (κ3) is 221. The normalized spacial score (nSPS) is 9.92. The maximum atomic E-state index is 8.88. The monoisotopic (exact) mass is 332 g/mol. The van der Waals surface area contributed by atoms with Gasteiger partial charge in [-0.2, -0.15) is 0 Å². The Labute approximate surface area is 127 Å². The fourth-order valence-corrected chi connectivity index (χ4v) is 0. The van der Waals surface area contributed by atoms with E-state index in [1.54, 1.807) is 0 Å². The molecule has 0 radical (unpaired) electrons. The minimum absolute atomic E-state index is 0. The molecular formula is H11AsKO8PTi. The summed E-state index contributed by atoms with van der Waals surface area (Å²) in [6, 6.07) is 0. The summed E-state index contributed by atoms with van der Waals surface area (Å²) >= 11 is -5.00. The van der Waals surface area contributed by atoms with Gasteiger partial charge in [-0.25, -0.2) is 4.57 Å². The van der Waals surface area contributed by atoms with Crippen molar-refractivity contribution in [1.29, 1.82) is 0 Å². The van der Waals surface area contributed by atoms with Crippen LogP contribution in [0.15, 0.2) is 0 Å². The Morgan fingerprint density at radius 3 is 0.917 bits per heavy atom. The summed E-state index contributed by atoms with van der Waals surface area (Å²) in [6.45, 7) is 0. The number of rotatable bonds is 0. The molecule has 0 aromatic heterocycles. The van der Waals surface area contributed by atoms with Crippen LogP contribution in [0.4, 0.5) is 0 Å². The first-order valence-electron chi connectivity index (χ1n) is 1.68. The molecule has 0 spiro atoms. The van der Waals surface area contributed by atoms with Crippen molar-refractivity contribution in [1.82, 2.24) is 0 Å². The Balaban J connectivity index is -0.0000000457. The first kappa shape index (κ1) is 24.2. The van der Waals surface area contributed by atoms with Crippen LogP contribution in [0, 0.1) is 0 Å². The van der Waals surface area contributed by atoms with Crippen LogP contribution >= 0.6 is 7.82 Å². The first-order chi connectivity index (χ1) is 4.00. The summed E-state index contributed by atoms with van der Waals surface area (Å²) < 4.78 is 38.4.